The van der Waals surface area contributed by atoms with Gasteiger partial charge in [-0.25, -0.2) is 5.43 Å². The fourth-order valence-electron chi connectivity index (χ4n) is 1.83. The van der Waals surface area contributed by atoms with Gasteiger partial charge >= 0.3 is 0 Å². The van der Waals surface area contributed by atoms with E-state index < -0.39 is 10.8 Å². The molecule has 0 aliphatic heterocycles. The maximum absolute atomic E-state index is 11.7. The summed E-state index contributed by atoms with van der Waals surface area (Å²) in [7, 11) is 0. The lowest BCUT2D eigenvalue weighted by Gasteiger charge is -2.06. The lowest BCUT2D eigenvalue weighted by molar-refractivity contribution is -0.384. The van der Waals surface area contributed by atoms with E-state index in [0.717, 1.165) is 0 Å². The molecule has 0 saturated carbocycles. The average Bonchev–Trinajstić information content (AvgIpc) is 2.58. The number of non-ortho nitro benzene ring substituents is 1. The Kier molecular flexibility index (Phi) is 5.45. The first-order valence-corrected chi connectivity index (χ1v) is 6.96. The number of hydrogen-bond donors (Lipinski definition) is 2. The van der Waals surface area contributed by atoms with E-state index in [1.807, 2.05) is 0 Å². The van der Waals surface area contributed by atoms with E-state index in [1.54, 1.807) is 25.1 Å². The van der Waals surface area contributed by atoms with Gasteiger partial charge in [-0.3, -0.25) is 14.9 Å². The number of carbonyl (C=O) groups excluding carboxylic acids is 1. The van der Waals surface area contributed by atoms with Crippen molar-refractivity contribution in [3.63, 3.8) is 0 Å². The second-order valence-electron chi connectivity index (χ2n) is 4.79. The minimum Gasteiger partial charge on any atom is -0.507 e. The van der Waals surface area contributed by atoms with Crippen LogP contribution < -0.4 is 10.2 Å². The van der Waals surface area contributed by atoms with E-state index >= 15 is 0 Å². The molecule has 0 aliphatic rings. The van der Waals surface area contributed by atoms with Gasteiger partial charge in [-0.2, -0.15) is 5.10 Å². The Morgan fingerprint density at radius 3 is 2.54 bits per heavy atom. The standard InChI is InChI=1S/C16H15N3O5/c1-11(14-4-2-3-5-15(14)20)17-18-16(21)10-24-13-8-6-12(7-9-13)19(22)23/h2-9,20H,10H2,1H3,(H,18,21)/b17-11-. The molecule has 2 aromatic rings. The monoisotopic (exact) mass is 329 g/mol. The minimum atomic E-state index is -0.521. The molecular formula is C16H15N3O5. The molecule has 0 aromatic heterocycles. The van der Waals surface area contributed by atoms with Crippen LogP contribution in [0.15, 0.2) is 53.6 Å². The molecule has 0 atom stereocenters. The summed E-state index contributed by atoms with van der Waals surface area (Å²) in [5.41, 5.74) is 3.20. The Balaban J connectivity index is 1.88. The molecule has 2 aromatic carbocycles. The zero-order chi connectivity index (χ0) is 17.5. The van der Waals surface area contributed by atoms with Gasteiger partial charge in [0.2, 0.25) is 0 Å². The molecule has 0 spiro atoms. The number of hydrazone groups is 1. The summed E-state index contributed by atoms with van der Waals surface area (Å²) in [6.07, 6.45) is 0. The molecule has 0 saturated heterocycles. The summed E-state index contributed by atoms with van der Waals surface area (Å²) >= 11 is 0. The molecular weight excluding hydrogens is 314 g/mol. The van der Waals surface area contributed by atoms with E-state index in [4.69, 9.17) is 4.74 Å². The topological polar surface area (TPSA) is 114 Å². The molecule has 0 aliphatic carbocycles. The van der Waals surface area contributed by atoms with Crippen LogP contribution in [0.2, 0.25) is 0 Å². The first kappa shape index (κ1) is 16.9. The van der Waals surface area contributed by atoms with E-state index in [1.165, 1.54) is 30.3 Å². The highest BCUT2D eigenvalue weighted by Gasteiger charge is 2.07. The maximum Gasteiger partial charge on any atom is 0.277 e. The Labute approximate surface area is 137 Å². The number of phenolic OH excluding ortho intramolecular Hbond substituents is 1. The summed E-state index contributed by atoms with van der Waals surface area (Å²) in [4.78, 5) is 21.7. The van der Waals surface area contributed by atoms with Crippen LogP contribution in [0.5, 0.6) is 11.5 Å². The lowest BCUT2D eigenvalue weighted by atomic mass is 10.1. The van der Waals surface area contributed by atoms with E-state index in [2.05, 4.69) is 10.5 Å². The number of hydrogen-bond acceptors (Lipinski definition) is 6. The number of benzene rings is 2. The molecule has 8 nitrogen and oxygen atoms in total. The molecule has 2 N–H and O–H groups in total. The van der Waals surface area contributed by atoms with Crippen LogP contribution in [0.25, 0.3) is 0 Å². The van der Waals surface area contributed by atoms with Crippen molar-refractivity contribution in [1.82, 2.24) is 5.43 Å². The SMILES string of the molecule is C/C(=N/NC(=O)COc1ccc([N+](=O)[O-])cc1)c1ccccc1O. The molecule has 1 amide bonds. The summed E-state index contributed by atoms with van der Waals surface area (Å²) in [6, 6.07) is 12.0. The summed E-state index contributed by atoms with van der Waals surface area (Å²) < 4.78 is 5.21. The number of nitro groups is 1. The van der Waals surface area contributed by atoms with Gasteiger partial charge in [-0.1, -0.05) is 12.1 Å². The van der Waals surface area contributed by atoms with E-state index in [0.29, 0.717) is 17.0 Å². The third-order valence-electron chi connectivity index (χ3n) is 3.06. The molecule has 0 fully saturated rings. The predicted octanol–water partition coefficient (Wildman–Crippen LogP) is 2.22. The summed E-state index contributed by atoms with van der Waals surface area (Å²) in [5.74, 6) is -0.101. The van der Waals surface area contributed by atoms with Gasteiger partial charge in [0.25, 0.3) is 11.6 Å². The second kappa shape index (κ2) is 7.73. The number of nitro benzene ring substituents is 1. The third kappa shape index (κ3) is 4.54. The number of phenols is 1. The fourth-order valence-corrected chi connectivity index (χ4v) is 1.83. The number of aromatic hydroxyl groups is 1. The molecule has 0 bridgehead atoms. The van der Waals surface area contributed by atoms with Crippen molar-refractivity contribution in [3.8, 4) is 11.5 Å². The molecule has 2 rings (SSSR count). The fraction of sp³-hybridized carbons (Fsp3) is 0.125. The Hall–Kier alpha value is -3.42. The number of ether oxygens (including phenoxy) is 1. The number of carbonyl (C=O) groups is 1. The summed E-state index contributed by atoms with van der Waals surface area (Å²) in [5, 5.41) is 24.1. The predicted molar refractivity (Wildman–Crippen MR) is 87.1 cm³/mol. The molecule has 0 radical (unpaired) electrons. The van der Waals surface area contributed by atoms with Gasteiger partial charge in [0.05, 0.1) is 10.6 Å². The van der Waals surface area contributed by atoms with Crippen LogP contribution in [-0.2, 0) is 4.79 Å². The van der Waals surface area contributed by atoms with Crippen LogP contribution in [0.4, 0.5) is 5.69 Å². The first-order valence-electron chi connectivity index (χ1n) is 6.96. The van der Waals surface area contributed by atoms with Crippen molar-refractivity contribution in [2.75, 3.05) is 6.61 Å². The number of amides is 1. The Bertz CT molecular complexity index is 772. The normalized spacial score (nSPS) is 11.0. The number of rotatable bonds is 6. The van der Waals surface area contributed by atoms with Gasteiger partial charge in [-0.15, -0.1) is 0 Å². The van der Waals surface area contributed by atoms with Crippen LogP contribution in [0, 0.1) is 10.1 Å². The van der Waals surface area contributed by atoms with Crippen LogP contribution >= 0.6 is 0 Å². The first-order chi connectivity index (χ1) is 11.5. The zero-order valence-electron chi connectivity index (χ0n) is 12.8. The van der Waals surface area contributed by atoms with Crippen molar-refractivity contribution in [2.45, 2.75) is 6.92 Å². The van der Waals surface area contributed by atoms with Gasteiger partial charge in [0.15, 0.2) is 6.61 Å². The van der Waals surface area contributed by atoms with Crippen molar-refractivity contribution >= 4 is 17.3 Å². The zero-order valence-corrected chi connectivity index (χ0v) is 12.8. The average molecular weight is 329 g/mol. The Morgan fingerprint density at radius 1 is 1.25 bits per heavy atom. The van der Waals surface area contributed by atoms with E-state index in [9.17, 15) is 20.0 Å². The van der Waals surface area contributed by atoms with Crippen LogP contribution in [0.3, 0.4) is 0 Å². The van der Waals surface area contributed by atoms with Gasteiger partial charge in [0, 0.05) is 17.7 Å². The molecule has 8 heteroatoms. The van der Waals surface area contributed by atoms with Crippen molar-refractivity contribution in [1.29, 1.82) is 0 Å². The van der Waals surface area contributed by atoms with Crippen molar-refractivity contribution in [3.05, 3.63) is 64.2 Å². The molecule has 24 heavy (non-hydrogen) atoms. The van der Waals surface area contributed by atoms with Crippen molar-refractivity contribution in [2.24, 2.45) is 5.10 Å². The van der Waals surface area contributed by atoms with Crippen molar-refractivity contribution < 1.29 is 19.6 Å². The van der Waals surface area contributed by atoms with Gasteiger partial charge < -0.3 is 9.84 Å². The second-order valence-corrected chi connectivity index (χ2v) is 4.79. The quantitative estimate of drug-likeness (QED) is 0.479. The number of nitrogens with one attached hydrogen (secondary N) is 1. The third-order valence-corrected chi connectivity index (χ3v) is 3.06. The van der Waals surface area contributed by atoms with Gasteiger partial charge in [0.1, 0.15) is 11.5 Å². The van der Waals surface area contributed by atoms with Crippen LogP contribution in [-0.4, -0.2) is 28.3 Å². The van der Waals surface area contributed by atoms with Gasteiger partial charge in [-0.05, 0) is 31.2 Å². The highest BCUT2D eigenvalue weighted by molar-refractivity contribution is 6.01. The van der Waals surface area contributed by atoms with Crippen LogP contribution in [0.1, 0.15) is 12.5 Å². The molecule has 0 unspecified atom stereocenters. The largest absolute Gasteiger partial charge is 0.507 e. The lowest BCUT2D eigenvalue weighted by Crippen LogP contribution is -2.25. The smallest absolute Gasteiger partial charge is 0.277 e. The van der Waals surface area contributed by atoms with E-state index in [-0.39, 0.29) is 18.0 Å². The number of para-hydroxylation sites is 1. The maximum atomic E-state index is 11.7. The minimum absolute atomic E-state index is 0.0605. The molecule has 0 heterocycles. The molecule has 124 valence electrons. The highest BCUT2D eigenvalue weighted by Crippen LogP contribution is 2.17. The highest BCUT2D eigenvalue weighted by atomic mass is 16.6. The Morgan fingerprint density at radius 2 is 1.92 bits per heavy atom. The summed E-state index contributed by atoms with van der Waals surface area (Å²) in [6.45, 7) is 1.35. The number of nitrogens with zero attached hydrogens (tertiary/aromatic N) is 2.